The minimum Gasteiger partial charge on any atom is -0.395 e. The fourth-order valence-electron chi connectivity index (χ4n) is 4.08. The van der Waals surface area contributed by atoms with E-state index >= 15 is 0 Å². The Hall–Kier alpha value is -3.62. The molecule has 1 aromatic carbocycles. The molecule has 2 aliphatic heterocycles. The Bertz CT molecular complexity index is 1270. The molecule has 1 fully saturated rings. The number of piperazine rings is 1. The number of carbonyl (C=O) groups excluding carboxylic acids is 1. The molecular formula is C24H28F2N8O3S. The van der Waals surface area contributed by atoms with Gasteiger partial charge in [0.1, 0.15) is 10.7 Å². The zero-order chi connectivity index (χ0) is 26.5. The second-order valence-electron chi connectivity index (χ2n) is 8.96. The number of anilines is 3. The molecule has 0 radical (unpaired) electrons. The van der Waals surface area contributed by atoms with Gasteiger partial charge in [-0.3, -0.25) is 4.79 Å². The summed E-state index contributed by atoms with van der Waals surface area (Å²) in [6.07, 6.45) is -1.04. The highest BCUT2D eigenvalue weighted by molar-refractivity contribution is 7.12. The summed E-state index contributed by atoms with van der Waals surface area (Å²) in [5, 5.41) is 9.08. The summed E-state index contributed by atoms with van der Waals surface area (Å²) in [5.41, 5.74) is 2.57. The molecule has 1 amide bonds. The number of rotatable bonds is 10. The number of hydrogen-bond acceptors (Lipinski definition) is 11. The number of nitrogens with one attached hydrogen (secondary N) is 3. The molecule has 2 aliphatic rings. The first kappa shape index (κ1) is 26.0. The number of alkyl halides is 2. The first-order valence-electron chi connectivity index (χ1n) is 12.2. The van der Waals surface area contributed by atoms with Gasteiger partial charge in [-0.15, -0.1) is 20.1 Å². The maximum absolute atomic E-state index is 13.3. The SMILES string of the molecule is CN1CCN(CCCNc2nccc(CNc3ncsc3C(=O)Nc3ccc4c(c3)OC(F)(F)O4)n2)CC1. The smallest absolute Gasteiger partial charge is 0.395 e. The van der Waals surface area contributed by atoms with Crippen LogP contribution in [0, 0.1) is 0 Å². The molecular weight excluding hydrogens is 518 g/mol. The summed E-state index contributed by atoms with van der Waals surface area (Å²) in [6, 6.07) is 5.83. The molecule has 1 saturated heterocycles. The molecule has 3 N–H and O–H groups in total. The van der Waals surface area contributed by atoms with Gasteiger partial charge in [0.2, 0.25) is 5.95 Å². The fraction of sp³-hybridized carbons (Fsp3) is 0.417. The molecule has 0 bridgehead atoms. The Balaban J connectivity index is 1.11. The molecule has 3 aromatic rings. The van der Waals surface area contributed by atoms with Crippen LogP contribution in [0.5, 0.6) is 11.5 Å². The van der Waals surface area contributed by atoms with Crippen molar-refractivity contribution in [3.8, 4) is 11.5 Å². The van der Waals surface area contributed by atoms with Gasteiger partial charge in [0.05, 0.1) is 17.7 Å². The topological polar surface area (TPSA) is 117 Å². The quantitative estimate of drug-likeness (QED) is 0.328. The van der Waals surface area contributed by atoms with Crippen LogP contribution in [0.15, 0.2) is 36.0 Å². The second kappa shape index (κ2) is 11.4. The number of likely N-dealkylation sites (N-methyl/N-ethyl adjacent to an activating group) is 1. The first-order valence-corrected chi connectivity index (χ1v) is 13.1. The highest BCUT2D eigenvalue weighted by atomic mass is 32.1. The lowest BCUT2D eigenvalue weighted by atomic mass is 10.2. The number of hydrogen-bond donors (Lipinski definition) is 3. The van der Waals surface area contributed by atoms with Gasteiger partial charge in [-0.05, 0) is 38.2 Å². The highest BCUT2D eigenvalue weighted by Crippen LogP contribution is 2.42. The number of carbonyl (C=O) groups is 1. The zero-order valence-corrected chi connectivity index (χ0v) is 21.6. The zero-order valence-electron chi connectivity index (χ0n) is 20.7. The number of aromatic nitrogens is 3. The van der Waals surface area contributed by atoms with Crippen LogP contribution in [-0.4, -0.2) is 83.3 Å². The largest absolute Gasteiger partial charge is 0.586 e. The number of benzene rings is 1. The van der Waals surface area contributed by atoms with Crippen LogP contribution >= 0.6 is 11.3 Å². The minimum atomic E-state index is -3.72. The Kier molecular flexibility index (Phi) is 7.81. The van der Waals surface area contributed by atoms with Gasteiger partial charge in [0.15, 0.2) is 11.5 Å². The van der Waals surface area contributed by atoms with E-state index in [1.807, 2.05) is 0 Å². The summed E-state index contributed by atoms with van der Waals surface area (Å²) >= 11 is 1.15. The maximum Gasteiger partial charge on any atom is 0.586 e. The molecule has 0 saturated carbocycles. The van der Waals surface area contributed by atoms with Crippen molar-refractivity contribution in [1.29, 1.82) is 0 Å². The molecule has 38 heavy (non-hydrogen) atoms. The summed E-state index contributed by atoms with van der Waals surface area (Å²) in [6.45, 7) is 6.55. The Morgan fingerprint density at radius 2 is 1.92 bits per heavy atom. The normalized spacial score (nSPS) is 16.8. The van der Waals surface area contributed by atoms with E-state index in [1.54, 1.807) is 17.8 Å². The Morgan fingerprint density at radius 1 is 1.11 bits per heavy atom. The van der Waals surface area contributed by atoms with Crippen LogP contribution in [0.3, 0.4) is 0 Å². The first-order chi connectivity index (χ1) is 18.3. The van der Waals surface area contributed by atoms with E-state index < -0.39 is 12.2 Å². The standard InChI is InChI=1S/C24H28F2N8O3S/c1-33-9-11-34(12-10-33)8-2-6-27-23-28-7-5-17(32-23)14-29-21-20(38-15-30-21)22(35)31-16-3-4-18-19(13-16)37-24(25,26)36-18/h3-5,7,13,15,29H,2,6,8-12,14H2,1H3,(H,31,35)(H,27,28,32). The highest BCUT2D eigenvalue weighted by Gasteiger charge is 2.43. The van der Waals surface area contributed by atoms with E-state index in [2.05, 4.69) is 57.2 Å². The molecule has 0 spiro atoms. The molecule has 11 nitrogen and oxygen atoms in total. The van der Waals surface area contributed by atoms with Crippen molar-refractivity contribution in [2.75, 3.05) is 62.3 Å². The van der Waals surface area contributed by atoms with Crippen LogP contribution in [0.4, 0.5) is 26.2 Å². The summed E-state index contributed by atoms with van der Waals surface area (Å²) in [7, 11) is 2.15. The second-order valence-corrected chi connectivity index (χ2v) is 9.82. The number of fused-ring (bicyclic) bond motifs is 1. The fourth-order valence-corrected chi connectivity index (χ4v) is 4.73. The van der Waals surface area contributed by atoms with E-state index in [4.69, 9.17) is 0 Å². The lowest BCUT2D eigenvalue weighted by Crippen LogP contribution is -2.44. The number of thiazole rings is 1. The van der Waals surface area contributed by atoms with Crippen molar-refractivity contribution in [2.24, 2.45) is 0 Å². The van der Waals surface area contributed by atoms with Crippen molar-refractivity contribution in [3.63, 3.8) is 0 Å². The lowest BCUT2D eigenvalue weighted by Gasteiger charge is -2.32. The van der Waals surface area contributed by atoms with Crippen molar-refractivity contribution in [2.45, 2.75) is 19.3 Å². The van der Waals surface area contributed by atoms with Crippen molar-refractivity contribution in [1.82, 2.24) is 24.8 Å². The van der Waals surface area contributed by atoms with Gasteiger partial charge < -0.3 is 35.2 Å². The Labute approximate surface area is 222 Å². The number of halogens is 2. The maximum atomic E-state index is 13.3. The molecule has 5 rings (SSSR count). The van der Waals surface area contributed by atoms with E-state index in [0.717, 1.165) is 62.7 Å². The average molecular weight is 547 g/mol. The van der Waals surface area contributed by atoms with Crippen LogP contribution in [0.25, 0.3) is 0 Å². The third kappa shape index (κ3) is 6.62. The summed E-state index contributed by atoms with van der Waals surface area (Å²) in [5.74, 6) is 0.253. The number of amides is 1. The predicted molar refractivity (Wildman–Crippen MR) is 139 cm³/mol. The van der Waals surface area contributed by atoms with Crippen LogP contribution < -0.4 is 25.4 Å². The molecule has 2 aromatic heterocycles. The number of nitrogens with zero attached hydrogens (tertiary/aromatic N) is 5. The summed E-state index contributed by atoms with van der Waals surface area (Å²) < 4.78 is 35.3. The molecule has 14 heteroatoms. The predicted octanol–water partition coefficient (Wildman–Crippen LogP) is 3.17. The van der Waals surface area contributed by atoms with Crippen molar-refractivity contribution >= 4 is 34.7 Å². The van der Waals surface area contributed by atoms with E-state index in [0.29, 0.717) is 23.2 Å². The Morgan fingerprint density at radius 3 is 2.76 bits per heavy atom. The molecule has 0 atom stereocenters. The van der Waals surface area contributed by atoms with Crippen molar-refractivity contribution in [3.05, 3.63) is 46.5 Å². The van der Waals surface area contributed by atoms with Crippen LogP contribution in [0.2, 0.25) is 0 Å². The molecule has 0 unspecified atom stereocenters. The lowest BCUT2D eigenvalue weighted by molar-refractivity contribution is -0.286. The summed E-state index contributed by atoms with van der Waals surface area (Å²) in [4.78, 5) is 31.0. The van der Waals surface area contributed by atoms with E-state index in [-0.39, 0.29) is 17.2 Å². The van der Waals surface area contributed by atoms with Gasteiger partial charge in [0.25, 0.3) is 5.91 Å². The van der Waals surface area contributed by atoms with Gasteiger partial charge in [0, 0.05) is 50.7 Å². The number of ether oxygens (including phenoxy) is 2. The average Bonchev–Trinajstić information content (AvgIpc) is 3.49. The van der Waals surface area contributed by atoms with E-state index in [1.165, 1.54) is 18.2 Å². The molecule has 4 heterocycles. The van der Waals surface area contributed by atoms with Crippen molar-refractivity contribution < 1.29 is 23.0 Å². The van der Waals surface area contributed by atoms with Gasteiger partial charge >= 0.3 is 6.29 Å². The van der Waals surface area contributed by atoms with Gasteiger partial charge in [-0.2, -0.15) is 0 Å². The molecule has 202 valence electrons. The van der Waals surface area contributed by atoms with Gasteiger partial charge in [-0.1, -0.05) is 0 Å². The third-order valence-electron chi connectivity index (χ3n) is 6.11. The van der Waals surface area contributed by atoms with Crippen LogP contribution in [-0.2, 0) is 6.54 Å². The monoisotopic (exact) mass is 546 g/mol. The van der Waals surface area contributed by atoms with Gasteiger partial charge in [-0.25, -0.2) is 15.0 Å². The molecule has 0 aliphatic carbocycles. The van der Waals surface area contributed by atoms with E-state index in [9.17, 15) is 13.6 Å². The third-order valence-corrected chi connectivity index (χ3v) is 6.94. The minimum absolute atomic E-state index is 0.0955. The van der Waals surface area contributed by atoms with Crippen LogP contribution in [0.1, 0.15) is 21.8 Å².